The molecule has 0 amide bonds. The van der Waals surface area contributed by atoms with Gasteiger partial charge >= 0.3 is 19.5 Å². The summed E-state index contributed by atoms with van der Waals surface area (Å²) < 4.78 is 0. The molecule has 27 heavy (non-hydrogen) atoms. The van der Waals surface area contributed by atoms with E-state index in [9.17, 15) is 9.90 Å². The largest absolute Gasteiger partial charge is 4.00 e. The van der Waals surface area contributed by atoms with Crippen LogP contribution in [0.5, 0.6) is 0 Å². The van der Waals surface area contributed by atoms with Crippen molar-refractivity contribution < 1.29 is 29.4 Å². The van der Waals surface area contributed by atoms with Crippen LogP contribution in [0.2, 0.25) is 0 Å². The Hall–Kier alpha value is -1.37. The van der Waals surface area contributed by atoms with Crippen molar-refractivity contribution in [1.82, 2.24) is 9.97 Å². The standard InChI is InChI=1S/C12H10N2O2.CH3I.CHNS.CNS.2CH3.Ru/c1-8-2-4-10(13-6-8)11-5-3-9(7-14-11)12(15)16;1-2;2*2-1-3;;;/h2-7H,1H3,(H,15,16);1H3;3H;;2*1H3;/q;;;3*-1;+4/p-2. The zero-order valence-electron chi connectivity index (χ0n) is 15.1. The van der Waals surface area contributed by atoms with E-state index in [-0.39, 0.29) is 39.9 Å². The summed E-state index contributed by atoms with van der Waals surface area (Å²) >= 11 is 9.55. The number of rotatable bonds is 2. The van der Waals surface area contributed by atoms with Crippen molar-refractivity contribution in [3.8, 4) is 16.8 Å². The number of aromatic carboxylic acids is 1. The molecule has 10 heteroatoms. The van der Waals surface area contributed by atoms with Crippen LogP contribution in [0.3, 0.4) is 0 Å². The van der Waals surface area contributed by atoms with Gasteiger partial charge in [0.15, 0.2) is 0 Å². The maximum atomic E-state index is 10.5. The average molecular weight is 602 g/mol. The average Bonchev–Trinajstić information content (AvgIpc) is 2.59. The number of thiocarbonyl (C=S) groups is 1. The van der Waals surface area contributed by atoms with Crippen LogP contribution in [0.4, 0.5) is 0 Å². The molecule has 0 saturated carbocycles. The van der Waals surface area contributed by atoms with E-state index in [1.54, 1.807) is 12.3 Å². The van der Waals surface area contributed by atoms with E-state index in [1.165, 1.54) is 22.8 Å². The van der Waals surface area contributed by atoms with Crippen LogP contribution >= 0.6 is 34.8 Å². The summed E-state index contributed by atoms with van der Waals surface area (Å²) in [4.78, 5) is 20.7. The van der Waals surface area contributed by atoms with Crippen molar-refractivity contribution in [2.45, 2.75) is 6.92 Å². The molecule has 2 rings (SSSR count). The Morgan fingerprint density at radius 2 is 1.56 bits per heavy atom. The van der Waals surface area contributed by atoms with Crippen LogP contribution < -0.4 is 5.11 Å². The Kier molecular flexibility index (Phi) is 33.3. The summed E-state index contributed by atoms with van der Waals surface area (Å²) in [6.45, 7) is 1.95. The minimum absolute atomic E-state index is 0. The summed E-state index contributed by atoms with van der Waals surface area (Å²) in [5.74, 6) is -1.23. The first-order chi connectivity index (χ1) is 11.5. The fraction of sp³-hybridized carbons (Fsp3) is 0.118. The van der Waals surface area contributed by atoms with Crippen LogP contribution in [0, 0.1) is 32.4 Å². The molecule has 2 aromatic rings. The van der Waals surface area contributed by atoms with Crippen molar-refractivity contribution in [2.24, 2.45) is 0 Å². The second kappa shape index (κ2) is 24.6. The fourth-order valence-corrected chi connectivity index (χ4v) is 1.29. The van der Waals surface area contributed by atoms with Gasteiger partial charge in [-0.15, -0.1) is 0 Å². The Morgan fingerprint density at radius 1 is 1.19 bits per heavy atom. The molecule has 0 aliphatic carbocycles. The third-order valence-electron chi connectivity index (χ3n) is 2.17. The van der Waals surface area contributed by atoms with Crippen LogP contribution in [0.15, 0.2) is 36.7 Å². The van der Waals surface area contributed by atoms with E-state index in [0.717, 1.165) is 11.3 Å². The number of nitrogens with zero attached hydrogens (tertiary/aromatic N) is 4. The summed E-state index contributed by atoms with van der Waals surface area (Å²) in [6, 6.07) is 6.84. The summed E-state index contributed by atoms with van der Waals surface area (Å²) in [5.41, 5.74) is 2.49. The summed E-state index contributed by atoms with van der Waals surface area (Å²) in [5, 5.41) is 27.5. The number of aryl methyl sites for hydroxylation is 1. The number of hydrogen-bond acceptors (Lipinski definition) is 7. The molecule has 0 aliphatic rings. The minimum atomic E-state index is -1.23. The van der Waals surface area contributed by atoms with Crippen LogP contribution in [-0.4, -0.2) is 26.0 Å². The first-order valence-electron chi connectivity index (χ1n) is 6.00. The molecule has 0 fully saturated rings. The van der Waals surface area contributed by atoms with Gasteiger partial charge < -0.3 is 42.8 Å². The van der Waals surface area contributed by atoms with Crippen molar-refractivity contribution in [3.63, 3.8) is 0 Å². The van der Waals surface area contributed by atoms with Gasteiger partial charge in [0.25, 0.3) is 0 Å². The summed E-state index contributed by atoms with van der Waals surface area (Å²) in [7, 11) is 0. The van der Waals surface area contributed by atoms with Crippen molar-refractivity contribution >= 4 is 58.6 Å². The van der Waals surface area contributed by atoms with Crippen molar-refractivity contribution in [1.29, 1.82) is 5.26 Å². The normalized spacial score (nSPS) is 6.74. The van der Waals surface area contributed by atoms with E-state index in [4.69, 9.17) is 10.7 Å². The number of halogens is 1. The zero-order chi connectivity index (χ0) is 19.0. The number of isothiocyanates is 1. The zero-order valence-corrected chi connectivity index (χ0v) is 20.6. The Morgan fingerprint density at radius 3 is 1.81 bits per heavy atom. The number of carbonyl (C=O) groups is 1. The summed E-state index contributed by atoms with van der Waals surface area (Å²) in [6.07, 6.45) is 3.01. The molecule has 0 saturated heterocycles. The SMILES string of the molecule is CI.Cc1ccc(-c2ccc(C(=O)[O-])cn2)nc1.N#C[S-].[CH3-].[CH3-].[N-]=C=S.[Ru+4]. The maximum absolute atomic E-state index is 10.5. The minimum Gasteiger partial charge on any atom is -0.753 e. The van der Waals surface area contributed by atoms with E-state index >= 15 is 0 Å². The molecule has 0 atom stereocenters. The van der Waals surface area contributed by atoms with E-state index in [0.29, 0.717) is 5.69 Å². The molecule has 0 bridgehead atoms. The number of hydrogen-bond donors (Lipinski definition) is 0. The van der Waals surface area contributed by atoms with E-state index < -0.39 is 5.97 Å². The second-order valence-electron chi connectivity index (χ2n) is 3.62. The molecule has 2 aromatic heterocycles. The molecular weight excluding hydrogens is 584 g/mol. The van der Waals surface area contributed by atoms with Gasteiger partial charge in [-0.1, -0.05) is 46.3 Å². The molecule has 0 aliphatic heterocycles. The fourth-order valence-electron chi connectivity index (χ4n) is 1.29. The second-order valence-corrected chi connectivity index (χ2v) is 3.99. The number of carbonyl (C=O) groups excluding carboxylic acids is 1. The Balaban J connectivity index is -0.000000128. The van der Waals surface area contributed by atoms with Crippen molar-refractivity contribution in [2.75, 3.05) is 4.93 Å². The molecule has 2 heterocycles. The molecule has 146 valence electrons. The van der Waals surface area contributed by atoms with Gasteiger partial charge in [-0.05, 0) is 35.6 Å². The van der Waals surface area contributed by atoms with Crippen molar-refractivity contribution in [3.05, 3.63) is 68.0 Å². The number of pyridine rings is 2. The number of carboxylic acids is 1. The van der Waals surface area contributed by atoms with E-state index in [1.807, 2.05) is 24.0 Å². The van der Waals surface area contributed by atoms with Gasteiger partial charge in [0, 0.05) is 18.0 Å². The first kappa shape index (κ1) is 36.5. The Bertz CT molecular complexity index is 688. The van der Waals surface area contributed by atoms with Gasteiger partial charge in [-0.3, -0.25) is 9.97 Å². The number of thiocyanates is 1. The number of alkyl halides is 1. The predicted octanol–water partition coefficient (Wildman–Crippen LogP) is 3.44. The number of nitriles is 1. The van der Waals surface area contributed by atoms with Crippen LogP contribution in [0.1, 0.15) is 15.9 Å². The van der Waals surface area contributed by atoms with E-state index in [2.05, 4.69) is 57.4 Å². The monoisotopic (exact) mass is 603 g/mol. The molecule has 0 aromatic carbocycles. The molecule has 0 spiro atoms. The smallest absolute Gasteiger partial charge is 0.753 e. The molecule has 6 nitrogen and oxygen atoms in total. The topological polar surface area (TPSA) is 112 Å². The van der Waals surface area contributed by atoms with Gasteiger partial charge in [0.1, 0.15) is 0 Å². The molecular formula is C17H18IN4O2RuS2-. The van der Waals surface area contributed by atoms with Crippen LogP contribution in [0.25, 0.3) is 16.8 Å². The molecule has 0 N–H and O–H groups in total. The Labute approximate surface area is 198 Å². The number of carboxylic acid groups (broad SMARTS) is 1. The van der Waals surface area contributed by atoms with Gasteiger partial charge in [0.05, 0.1) is 17.4 Å². The maximum Gasteiger partial charge on any atom is 4.00 e. The third-order valence-corrected chi connectivity index (χ3v) is 2.17. The molecule has 0 unspecified atom stereocenters. The third kappa shape index (κ3) is 17.8. The van der Waals surface area contributed by atoms with Gasteiger partial charge in [0.2, 0.25) is 0 Å². The van der Waals surface area contributed by atoms with Gasteiger partial charge in [-0.25, -0.2) is 5.26 Å². The van der Waals surface area contributed by atoms with Gasteiger partial charge in [-0.2, -0.15) is 5.16 Å². The molecule has 0 radical (unpaired) electrons. The quantitative estimate of drug-likeness (QED) is 0.0757. The number of aromatic nitrogens is 2. The van der Waals surface area contributed by atoms with Crippen LogP contribution in [-0.2, 0) is 32.1 Å². The predicted molar refractivity (Wildman–Crippen MR) is 118 cm³/mol. The first-order valence-corrected chi connectivity index (χ1v) is 8.98.